The molecule has 0 heterocycles. The van der Waals surface area contributed by atoms with Crippen LogP contribution in [0.3, 0.4) is 0 Å². The first-order valence-electron chi connectivity index (χ1n) is 12.4. The molecular weight excluding hydrogens is 376 g/mol. The van der Waals surface area contributed by atoms with E-state index in [4.69, 9.17) is 9.47 Å². The van der Waals surface area contributed by atoms with Crippen LogP contribution in [-0.4, -0.2) is 24.1 Å². The monoisotopic (exact) mass is 424 g/mol. The van der Waals surface area contributed by atoms with E-state index in [1.165, 1.54) is 12.2 Å². The molecule has 0 N–H and O–H groups in total. The molecule has 4 heteroatoms. The number of ether oxygens (including phenoxy) is 2. The van der Waals surface area contributed by atoms with Gasteiger partial charge < -0.3 is 9.47 Å². The molecule has 0 aromatic rings. The summed E-state index contributed by atoms with van der Waals surface area (Å²) in [6.07, 6.45) is 14.6. The number of hydrogen-bond acceptors (Lipinski definition) is 4. The zero-order valence-corrected chi connectivity index (χ0v) is 20.6. The molecule has 0 aliphatic heterocycles. The second kappa shape index (κ2) is 18.4. The third-order valence-corrected chi connectivity index (χ3v) is 5.31. The van der Waals surface area contributed by atoms with E-state index in [0.717, 1.165) is 77.0 Å². The summed E-state index contributed by atoms with van der Waals surface area (Å²) in [5.41, 5.74) is 0. The van der Waals surface area contributed by atoms with Gasteiger partial charge in [0.05, 0.1) is 0 Å². The molecule has 0 amide bonds. The van der Waals surface area contributed by atoms with Gasteiger partial charge in [-0.15, -0.1) is 0 Å². The molecule has 2 atom stereocenters. The highest BCUT2D eigenvalue weighted by molar-refractivity contribution is 5.91. The molecule has 0 aromatic heterocycles. The predicted molar refractivity (Wildman–Crippen MR) is 125 cm³/mol. The van der Waals surface area contributed by atoms with Gasteiger partial charge in [0.2, 0.25) is 0 Å². The number of unbranched alkanes of at least 4 members (excludes halogenated alkanes) is 4. The van der Waals surface area contributed by atoms with Crippen LogP contribution in [0.25, 0.3) is 0 Å². The highest BCUT2D eigenvalue weighted by Crippen LogP contribution is 2.17. The number of esters is 2. The summed E-state index contributed by atoms with van der Waals surface area (Å²) in [4.78, 5) is 24.5. The van der Waals surface area contributed by atoms with Gasteiger partial charge in [-0.1, -0.05) is 67.2 Å². The van der Waals surface area contributed by atoms with Gasteiger partial charge in [-0.05, 0) is 63.2 Å². The summed E-state index contributed by atoms with van der Waals surface area (Å²) < 4.78 is 11.3. The molecule has 0 rings (SSSR count). The predicted octanol–water partition coefficient (Wildman–Crippen LogP) is 7.40. The number of hydrogen-bond donors (Lipinski definition) is 0. The van der Waals surface area contributed by atoms with Gasteiger partial charge >= 0.3 is 11.9 Å². The van der Waals surface area contributed by atoms with Crippen molar-refractivity contribution in [2.24, 2.45) is 11.8 Å². The third-order valence-electron chi connectivity index (χ3n) is 5.31. The Bertz CT molecular complexity index is 426. The lowest BCUT2D eigenvalue weighted by Gasteiger charge is -2.19. The Balaban J connectivity index is 4.61. The van der Waals surface area contributed by atoms with Crippen LogP contribution in [0.4, 0.5) is 0 Å². The molecule has 0 saturated heterocycles. The SMILES string of the molecule is CCCCCC(CCC(C)C)OC(=O)/C=C\C(=O)OC(CCCCC)CCC(C)C. The Morgan fingerprint density at radius 2 is 0.967 bits per heavy atom. The van der Waals surface area contributed by atoms with Gasteiger partial charge in [-0.25, -0.2) is 9.59 Å². The first-order chi connectivity index (χ1) is 14.3. The minimum absolute atomic E-state index is 0.0695. The maximum atomic E-state index is 12.2. The van der Waals surface area contributed by atoms with Crippen molar-refractivity contribution < 1.29 is 19.1 Å². The lowest BCUT2D eigenvalue weighted by molar-refractivity contribution is -0.146. The Hall–Kier alpha value is -1.32. The normalized spacial score (nSPS) is 13.7. The second-order valence-corrected chi connectivity index (χ2v) is 9.39. The van der Waals surface area contributed by atoms with Crippen molar-refractivity contribution in [1.29, 1.82) is 0 Å². The average Bonchev–Trinajstić information content (AvgIpc) is 2.68. The molecule has 30 heavy (non-hydrogen) atoms. The highest BCUT2D eigenvalue weighted by atomic mass is 16.5. The Morgan fingerprint density at radius 3 is 1.27 bits per heavy atom. The van der Waals surface area contributed by atoms with E-state index in [2.05, 4.69) is 41.5 Å². The van der Waals surface area contributed by atoms with E-state index in [1.807, 2.05) is 0 Å². The molecular formula is C26H48O4. The molecule has 0 saturated carbocycles. The van der Waals surface area contributed by atoms with E-state index in [9.17, 15) is 9.59 Å². The fourth-order valence-corrected chi connectivity index (χ4v) is 3.35. The Kier molecular flexibility index (Phi) is 17.6. The van der Waals surface area contributed by atoms with E-state index >= 15 is 0 Å². The fraction of sp³-hybridized carbons (Fsp3) is 0.846. The van der Waals surface area contributed by atoms with Crippen LogP contribution in [0.1, 0.15) is 119 Å². The lowest BCUT2D eigenvalue weighted by atomic mass is 10.0. The summed E-state index contributed by atoms with van der Waals surface area (Å²) in [5, 5.41) is 0. The number of carbonyl (C=O) groups is 2. The molecule has 4 nitrogen and oxygen atoms in total. The maximum Gasteiger partial charge on any atom is 0.331 e. The zero-order valence-electron chi connectivity index (χ0n) is 20.6. The zero-order chi connectivity index (χ0) is 22.8. The summed E-state index contributed by atoms with van der Waals surface area (Å²) in [6.45, 7) is 13.0. The van der Waals surface area contributed by atoms with E-state index in [-0.39, 0.29) is 12.2 Å². The van der Waals surface area contributed by atoms with Gasteiger partial charge in [-0.2, -0.15) is 0 Å². The van der Waals surface area contributed by atoms with Crippen LogP contribution < -0.4 is 0 Å². The van der Waals surface area contributed by atoms with Crippen molar-refractivity contribution in [3.63, 3.8) is 0 Å². The average molecular weight is 425 g/mol. The minimum Gasteiger partial charge on any atom is -0.459 e. The molecule has 0 aromatic carbocycles. The first-order valence-corrected chi connectivity index (χ1v) is 12.4. The van der Waals surface area contributed by atoms with Crippen molar-refractivity contribution in [1.82, 2.24) is 0 Å². The van der Waals surface area contributed by atoms with Crippen LogP contribution in [0.2, 0.25) is 0 Å². The minimum atomic E-state index is -0.443. The molecule has 0 aliphatic rings. The largest absolute Gasteiger partial charge is 0.459 e. The van der Waals surface area contributed by atoms with Gasteiger partial charge in [0.1, 0.15) is 12.2 Å². The Morgan fingerprint density at radius 1 is 0.600 bits per heavy atom. The Labute approximate surface area is 186 Å². The maximum absolute atomic E-state index is 12.2. The summed E-state index contributed by atoms with van der Waals surface area (Å²) >= 11 is 0. The standard InChI is InChI=1S/C26H48O4/c1-7-9-11-13-23(17-15-21(3)4)29-25(27)19-20-26(28)30-24(14-12-10-8-2)18-16-22(5)6/h19-24H,7-18H2,1-6H3/b20-19-. The van der Waals surface area contributed by atoms with Crippen molar-refractivity contribution >= 4 is 11.9 Å². The van der Waals surface area contributed by atoms with Crippen LogP contribution in [0, 0.1) is 11.8 Å². The van der Waals surface area contributed by atoms with Crippen LogP contribution >= 0.6 is 0 Å². The third kappa shape index (κ3) is 17.5. The lowest BCUT2D eigenvalue weighted by Crippen LogP contribution is -2.19. The molecule has 2 unspecified atom stereocenters. The van der Waals surface area contributed by atoms with Gasteiger partial charge in [0.15, 0.2) is 0 Å². The summed E-state index contributed by atoms with van der Waals surface area (Å²) in [5.74, 6) is 0.278. The van der Waals surface area contributed by atoms with Crippen LogP contribution in [0.5, 0.6) is 0 Å². The molecule has 0 bridgehead atoms. The van der Waals surface area contributed by atoms with Gasteiger partial charge in [-0.3, -0.25) is 0 Å². The molecule has 0 spiro atoms. The summed E-state index contributed by atoms with van der Waals surface area (Å²) in [7, 11) is 0. The highest BCUT2D eigenvalue weighted by Gasteiger charge is 2.16. The van der Waals surface area contributed by atoms with Crippen molar-refractivity contribution in [3.8, 4) is 0 Å². The number of rotatable bonds is 18. The van der Waals surface area contributed by atoms with Crippen LogP contribution in [-0.2, 0) is 19.1 Å². The van der Waals surface area contributed by atoms with Crippen molar-refractivity contribution in [2.45, 2.75) is 131 Å². The first kappa shape index (κ1) is 28.7. The molecule has 0 radical (unpaired) electrons. The van der Waals surface area contributed by atoms with E-state index in [0.29, 0.717) is 11.8 Å². The van der Waals surface area contributed by atoms with Gasteiger partial charge in [0, 0.05) is 12.2 Å². The van der Waals surface area contributed by atoms with E-state index < -0.39 is 11.9 Å². The summed E-state index contributed by atoms with van der Waals surface area (Å²) in [6, 6.07) is 0. The smallest absolute Gasteiger partial charge is 0.331 e. The quantitative estimate of drug-likeness (QED) is 0.131. The fourth-order valence-electron chi connectivity index (χ4n) is 3.35. The van der Waals surface area contributed by atoms with Crippen molar-refractivity contribution in [3.05, 3.63) is 12.2 Å². The molecule has 0 aliphatic carbocycles. The molecule has 176 valence electrons. The molecule has 0 fully saturated rings. The topological polar surface area (TPSA) is 52.6 Å². The van der Waals surface area contributed by atoms with E-state index in [1.54, 1.807) is 0 Å². The second-order valence-electron chi connectivity index (χ2n) is 9.39. The van der Waals surface area contributed by atoms with Crippen LogP contribution in [0.15, 0.2) is 12.2 Å². The number of carbonyl (C=O) groups excluding carboxylic acids is 2. The van der Waals surface area contributed by atoms with Crippen molar-refractivity contribution in [2.75, 3.05) is 0 Å². The van der Waals surface area contributed by atoms with Gasteiger partial charge in [0.25, 0.3) is 0 Å².